The fraction of sp³-hybridized carbons (Fsp3) is 0. The van der Waals surface area contributed by atoms with Crippen LogP contribution in [0.15, 0.2) is 0 Å². The maximum atomic E-state index is 5.22. The average Bonchev–Trinajstić information content (AvgIpc) is 2.13. The third-order valence-electron chi connectivity index (χ3n) is 0.777. The number of nitrogens with one attached hydrogen (secondary N) is 2. The summed E-state index contributed by atoms with van der Waals surface area (Å²) < 4.78 is 0.253. The number of H-pyrrole nitrogens is 1. The Bertz CT molecular complexity index is 246. The van der Waals surface area contributed by atoms with Crippen molar-refractivity contribution < 1.29 is 0 Å². The van der Waals surface area contributed by atoms with Gasteiger partial charge < -0.3 is 5.84 Å². The number of aromatic nitrogens is 3. The largest absolute Gasteiger partial charge is 0.322 e. The number of hydrazine groups is 1. The number of nitrogens with zero attached hydrogens (tertiary/aromatic N) is 2. The molecule has 6 N–H and O–H groups in total. The quantitative estimate of drug-likeness (QED) is 0.230. The Labute approximate surface area is 55.8 Å². The van der Waals surface area contributed by atoms with E-state index in [1.165, 1.54) is 0 Å². The third-order valence-corrected chi connectivity index (χ3v) is 1.06. The van der Waals surface area contributed by atoms with E-state index in [-0.39, 0.29) is 4.77 Å². The van der Waals surface area contributed by atoms with E-state index in [9.17, 15) is 0 Å². The molecule has 1 aromatic rings. The van der Waals surface area contributed by atoms with E-state index < -0.39 is 0 Å². The predicted molar refractivity (Wildman–Crippen MR) is 35.4 cm³/mol. The summed E-state index contributed by atoms with van der Waals surface area (Å²) in [6.07, 6.45) is 0. The fourth-order valence-electron chi connectivity index (χ4n) is 0.401. The monoisotopic (exact) mass is 146 g/mol. The SMILES string of the molecule is NNc1nc(=S)n(N)[nH]1. The Morgan fingerprint density at radius 2 is 2.44 bits per heavy atom. The normalized spacial score (nSPS) is 9.44. The van der Waals surface area contributed by atoms with Crippen molar-refractivity contribution in [2.24, 2.45) is 5.84 Å². The highest BCUT2D eigenvalue weighted by Crippen LogP contribution is 1.90. The summed E-state index contributed by atoms with van der Waals surface area (Å²) in [5.74, 6) is 10.5. The van der Waals surface area contributed by atoms with Crippen LogP contribution >= 0.6 is 12.2 Å². The van der Waals surface area contributed by atoms with E-state index in [1.807, 2.05) is 0 Å². The molecule has 0 spiro atoms. The van der Waals surface area contributed by atoms with Crippen LogP contribution in [-0.4, -0.2) is 14.9 Å². The summed E-state index contributed by atoms with van der Waals surface area (Å²) in [4.78, 5) is 4.78. The first kappa shape index (κ1) is 6.05. The third kappa shape index (κ3) is 1.00. The number of hydrogen-bond acceptors (Lipinski definition) is 5. The number of anilines is 1. The summed E-state index contributed by atoms with van der Waals surface area (Å²) >= 11 is 4.64. The molecule has 0 amide bonds. The van der Waals surface area contributed by atoms with Crippen molar-refractivity contribution in [2.45, 2.75) is 0 Å². The minimum Gasteiger partial charge on any atom is -0.322 e. The molecule has 0 aliphatic carbocycles. The van der Waals surface area contributed by atoms with E-state index in [1.54, 1.807) is 0 Å². The van der Waals surface area contributed by atoms with Gasteiger partial charge in [-0.2, -0.15) is 9.77 Å². The molecule has 0 bridgehead atoms. The lowest BCUT2D eigenvalue weighted by molar-refractivity contribution is 0.818. The Kier molecular flexibility index (Phi) is 1.37. The number of aromatic amines is 1. The Morgan fingerprint density at radius 1 is 1.78 bits per heavy atom. The lowest BCUT2D eigenvalue weighted by atomic mass is 11.1. The minimum absolute atomic E-state index is 0.253. The lowest BCUT2D eigenvalue weighted by Gasteiger charge is -1.88. The van der Waals surface area contributed by atoms with E-state index >= 15 is 0 Å². The molecule has 1 rings (SSSR count). The van der Waals surface area contributed by atoms with Crippen molar-refractivity contribution >= 4 is 18.2 Å². The van der Waals surface area contributed by atoms with Gasteiger partial charge in [-0.3, -0.25) is 5.43 Å². The molecule has 0 saturated heterocycles. The van der Waals surface area contributed by atoms with Crippen molar-refractivity contribution in [3.05, 3.63) is 4.77 Å². The van der Waals surface area contributed by atoms with Gasteiger partial charge in [0, 0.05) is 0 Å². The summed E-state index contributed by atoms with van der Waals surface area (Å²) in [6, 6.07) is 0. The summed E-state index contributed by atoms with van der Waals surface area (Å²) in [5, 5.41) is 2.54. The molecule has 0 fully saturated rings. The highest BCUT2D eigenvalue weighted by Gasteiger charge is 1.92. The van der Waals surface area contributed by atoms with Crippen LogP contribution in [0.4, 0.5) is 5.95 Å². The van der Waals surface area contributed by atoms with Gasteiger partial charge in [0.2, 0.25) is 10.7 Å². The number of rotatable bonds is 1. The van der Waals surface area contributed by atoms with Gasteiger partial charge in [-0.1, -0.05) is 0 Å². The molecule has 6 nitrogen and oxygen atoms in total. The van der Waals surface area contributed by atoms with Crippen LogP contribution in [0.1, 0.15) is 0 Å². The van der Waals surface area contributed by atoms with Crippen LogP contribution in [0.25, 0.3) is 0 Å². The Morgan fingerprint density at radius 3 is 2.67 bits per heavy atom. The summed E-state index contributed by atoms with van der Waals surface area (Å²) in [6.45, 7) is 0. The molecular weight excluding hydrogens is 140 g/mol. The molecule has 7 heteroatoms. The van der Waals surface area contributed by atoms with Gasteiger partial charge in [0.1, 0.15) is 0 Å². The maximum absolute atomic E-state index is 5.22. The van der Waals surface area contributed by atoms with Crippen molar-refractivity contribution in [1.29, 1.82) is 0 Å². The first-order valence-electron chi connectivity index (χ1n) is 2.15. The molecule has 0 saturated carbocycles. The Hall–Kier alpha value is -1.08. The fourth-order valence-corrected chi connectivity index (χ4v) is 0.538. The van der Waals surface area contributed by atoms with E-state index in [0.717, 1.165) is 4.79 Å². The van der Waals surface area contributed by atoms with Gasteiger partial charge in [0.25, 0.3) is 0 Å². The zero-order valence-electron chi connectivity index (χ0n) is 4.46. The van der Waals surface area contributed by atoms with Gasteiger partial charge in [-0.05, 0) is 12.2 Å². The topological polar surface area (TPSA) is 97.7 Å². The minimum atomic E-state index is 0.253. The van der Waals surface area contributed by atoms with Gasteiger partial charge in [0.15, 0.2) is 0 Å². The number of nitrogen functional groups attached to an aromatic ring is 2. The molecule has 0 aromatic carbocycles. The summed E-state index contributed by atoms with van der Waals surface area (Å²) in [5.41, 5.74) is 2.25. The molecule has 0 aliphatic rings. The standard InChI is InChI=1S/C2H6N6S/c3-6-1-5-2(9)8(4)7-1/h3-4H2,(H2,5,6,7,9). The van der Waals surface area contributed by atoms with Crippen LogP contribution in [-0.2, 0) is 0 Å². The molecule has 0 radical (unpaired) electrons. The van der Waals surface area contributed by atoms with Gasteiger partial charge in [-0.25, -0.2) is 10.9 Å². The molecule has 0 unspecified atom stereocenters. The smallest absolute Gasteiger partial charge is 0.237 e. The molecular formula is C2H6N6S. The van der Waals surface area contributed by atoms with Crippen LogP contribution in [0, 0.1) is 4.77 Å². The van der Waals surface area contributed by atoms with Crippen LogP contribution < -0.4 is 17.1 Å². The van der Waals surface area contributed by atoms with Crippen molar-refractivity contribution in [2.75, 3.05) is 11.3 Å². The Balaban J connectivity index is 3.13. The van der Waals surface area contributed by atoms with Crippen LogP contribution in [0.3, 0.4) is 0 Å². The van der Waals surface area contributed by atoms with Gasteiger partial charge in [-0.15, -0.1) is 0 Å². The van der Waals surface area contributed by atoms with Gasteiger partial charge >= 0.3 is 0 Å². The summed E-state index contributed by atoms with van der Waals surface area (Å²) in [7, 11) is 0. The highest BCUT2D eigenvalue weighted by molar-refractivity contribution is 7.71. The second kappa shape index (κ2) is 2.03. The lowest BCUT2D eigenvalue weighted by Crippen LogP contribution is -2.12. The van der Waals surface area contributed by atoms with Crippen molar-refractivity contribution in [3.8, 4) is 0 Å². The molecule has 0 atom stereocenters. The van der Waals surface area contributed by atoms with Crippen molar-refractivity contribution in [1.82, 2.24) is 14.9 Å². The number of hydrogen-bond donors (Lipinski definition) is 4. The van der Waals surface area contributed by atoms with E-state index in [2.05, 4.69) is 27.7 Å². The van der Waals surface area contributed by atoms with E-state index in [0.29, 0.717) is 5.95 Å². The second-order valence-corrected chi connectivity index (χ2v) is 1.73. The zero-order chi connectivity index (χ0) is 6.85. The molecule has 1 aromatic heterocycles. The molecule has 50 valence electrons. The highest BCUT2D eigenvalue weighted by atomic mass is 32.1. The predicted octanol–water partition coefficient (Wildman–Crippen LogP) is -1.06. The van der Waals surface area contributed by atoms with Gasteiger partial charge in [0.05, 0.1) is 0 Å². The number of nitrogens with two attached hydrogens (primary N) is 2. The zero-order valence-corrected chi connectivity index (χ0v) is 5.27. The molecule has 9 heavy (non-hydrogen) atoms. The first-order valence-corrected chi connectivity index (χ1v) is 2.55. The average molecular weight is 146 g/mol. The first-order chi connectivity index (χ1) is 4.24. The van der Waals surface area contributed by atoms with E-state index in [4.69, 9.17) is 11.7 Å². The van der Waals surface area contributed by atoms with Crippen molar-refractivity contribution in [3.63, 3.8) is 0 Å². The van der Waals surface area contributed by atoms with Crippen LogP contribution in [0.2, 0.25) is 0 Å². The molecule has 0 aliphatic heterocycles. The van der Waals surface area contributed by atoms with Crippen LogP contribution in [0.5, 0.6) is 0 Å². The molecule has 1 heterocycles. The maximum Gasteiger partial charge on any atom is 0.237 e. The second-order valence-electron chi connectivity index (χ2n) is 1.37.